The number of methoxy groups -OCH3 is 1. The minimum Gasteiger partial charge on any atom is -0.465 e. The average Bonchev–Trinajstić information content (AvgIpc) is 2.79. The predicted molar refractivity (Wildman–Crippen MR) is 74.5 cm³/mol. The molecule has 1 atom stereocenters. The first-order valence-corrected chi connectivity index (χ1v) is 6.99. The molecule has 0 aromatic carbocycles. The average molecular weight is 348 g/mol. The first-order chi connectivity index (χ1) is 9.06. The van der Waals surface area contributed by atoms with E-state index in [4.69, 9.17) is 11.6 Å². The standard InChI is InChI=1S/C12H12BrClN2O3/c1-19-12(18)8-3-9(13)11(15-5-8)16-6-7(4-14)2-10(16)17/h3,5,7H,2,4,6H2,1H3. The number of esters is 1. The molecule has 2 heterocycles. The highest BCUT2D eigenvalue weighted by molar-refractivity contribution is 9.10. The Labute approximate surface area is 124 Å². The number of hydrogen-bond acceptors (Lipinski definition) is 4. The van der Waals surface area contributed by atoms with E-state index in [1.165, 1.54) is 13.3 Å². The minimum absolute atomic E-state index is 0.00957. The Morgan fingerprint density at radius 1 is 1.68 bits per heavy atom. The SMILES string of the molecule is COC(=O)c1cnc(N2CC(CCl)CC2=O)c(Br)c1. The summed E-state index contributed by atoms with van der Waals surface area (Å²) in [6.45, 7) is 0.547. The van der Waals surface area contributed by atoms with Gasteiger partial charge in [-0.05, 0) is 27.9 Å². The predicted octanol–water partition coefficient (Wildman–Crippen LogP) is 2.22. The number of carbonyl (C=O) groups excluding carboxylic acids is 2. The van der Waals surface area contributed by atoms with E-state index in [0.717, 1.165) is 0 Å². The summed E-state index contributed by atoms with van der Waals surface area (Å²) >= 11 is 9.11. The van der Waals surface area contributed by atoms with Crippen molar-refractivity contribution in [1.29, 1.82) is 0 Å². The van der Waals surface area contributed by atoms with Crippen LogP contribution in [0.1, 0.15) is 16.8 Å². The first-order valence-electron chi connectivity index (χ1n) is 5.67. The topological polar surface area (TPSA) is 59.5 Å². The molecule has 0 radical (unpaired) electrons. The normalized spacial score (nSPS) is 18.8. The van der Waals surface area contributed by atoms with Crippen LogP contribution in [0, 0.1) is 5.92 Å². The van der Waals surface area contributed by atoms with Crippen molar-refractivity contribution in [2.24, 2.45) is 5.92 Å². The number of alkyl halides is 1. The van der Waals surface area contributed by atoms with Crippen LogP contribution in [-0.4, -0.2) is 36.4 Å². The van der Waals surface area contributed by atoms with E-state index in [1.54, 1.807) is 11.0 Å². The van der Waals surface area contributed by atoms with Gasteiger partial charge >= 0.3 is 5.97 Å². The summed E-state index contributed by atoms with van der Waals surface area (Å²) in [6.07, 6.45) is 1.82. The van der Waals surface area contributed by atoms with E-state index in [-0.39, 0.29) is 11.8 Å². The van der Waals surface area contributed by atoms with Crippen LogP contribution in [0.15, 0.2) is 16.7 Å². The van der Waals surface area contributed by atoms with Crippen LogP contribution >= 0.6 is 27.5 Å². The molecular formula is C12H12BrClN2O3. The monoisotopic (exact) mass is 346 g/mol. The largest absolute Gasteiger partial charge is 0.465 e. The molecule has 7 heteroatoms. The van der Waals surface area contributed by atoms with Gasteiger partial charge in [-0.1, -0.05) is 0 Å². The van der Waals surface area contributed by atoms with Gasteiger partial charge in [-0.25, -0.2) is 9.78 Å². The molecule has 1 amide bonds. The lowest BCUT2D eigenvalue weighted by atomic mass is 10.1. The van der Waals surface area contributed by atoms with Crippen molar-refractivity contribution in [3.8, 4) is 0 Å². The fraction of sp³-hybridized carbons (Fsp3) is 0.417. The van der Waals surface area contributed by atoms with Crippen molar-refractivity contribution >= 4 is 45.2 Å². The van der Waals surface area contributed by atoms with Crippen LogP contribution < -0.4 is 4.90 Å². The number of rotatable bonds is 3. The maximum absolute atomic E-state index is 11.9. The molecule has 1 aromatic rings. The number of halogens is 2. The van der Waals surface area contributed by atoms with Crippen LogP contribution in [0.4, 0.5) is 5.82 Å². The lowest BCUT2D eigenvalue weighted by Gasteiger charge is -2.17. The van der Waals surface area contributed by atoms with Gasteiger partial charge in [0.25, 0.3) is 0 Å². The molecule has 1 aliphatic rings. The highest BCUT2D eigenvalue weighted by Crippen LogP contribution is 2.30. The summed E-state index contributed by atoms with van der Waals surface area (Å²) in [5, 5.41) is 0. The number of carbonyl (C=O) groups is 2. The molecule has 1 fully saturated rings. The Balaban J connectivity index is 2.27. The van der Waals surface area contributed by atoms with E-state index in [1.807, 2.05) is 0 Å². The van der Waals surface area contributed by atoms with Crippen molar-refractivity contribution in [2.75, 3.05) is 24.4 Å². The van der Waals surface area contributed by atoms with Crippen LogP contribution in [0.3, 0.4) is 0 Å². The minimum atomic E-state index is -0.467. The van der Waals surface area contributed by atoms with Gasteiger partial charge in [0.1, 0.15) is 5.82 Å². The highest BCUT2D eigenvalue weighted by Gasteiger charge is 2.32. The third-order valence-corrected chi connectivity index (χ3v) is 3.94. The molecule has 5 nitrogen and oxygen atoms in total. The van der Waals surface area contributed by atoms with Crippen molar-refractivity contribution in [2.45, 2.75) is 6.42 Å². The van der Waals surface area contributed by atoms with Gasteiger partial charge in [0, 0.05) is 25.0 Å². The van der Waals surface area contributed by atoms with Crippen LogP contribution in [0.2, 0.25) is 0 Å². The van der Waals surface area contributed by atoms with Crippen LogP contribution in [0.25, 0.3) is 0 Å². The number of amides is 1. The summed E-state index contributed by atoms with van der Waals surface area (Å²) in [4.78, 5) is 29.0. The van der Waals surface area contributed by atoms with Gasteiger partial charge in [-0.15, -0.1) is 11.6 Å². The second-order valence-electron chi connectivity index (χ2n) is 4.25. The van der Waals surface area contributed by atoms with E-state index < -0.39 is 5.97 Å². The second-order valence-corrected chi connectivity index (χ2v) is 5.41. The number of pyridine rings is 1. The van der Waals surface area contributed by atoms with E-state index >= 15 is 0 Å². The molecule has 0 N–H and O–H groups in total. The number of ether oxygens (including phenoxy) is 1. The zero-order valence-corrected chi connectivity index (χ0v) is 12.6. The number of aromatic nitrogens is 1. The van der Waals surface area contributed by atoms with E-state index in [0.29, 0.717) is 34.7 Å². The Kier molecular flexibility index (Phi) is 4.42. The summed E-state index contributed by atoms with van der Waals surface area (Å²) < 4.78 is 5.20. The van der Waals surface area contributed by atoms with Gasteiger partial charge in [0.15, 0.2) is 0 Å². The maximum Gasteiger partial charge on any atom is 0.339 e. The summed E-state index contributed by atoms with van der Waals surface area (Å²) in [5.41, 5.74) is 0.332. The zero-order chi connectivity index (χ0) is 14.0. The summed E-state index contributed by atoms with van der Waals surface area (Å²) in [6, 6.07) is 1.59. The van der Waals surface area contributed by atoms with Crippen molar-refractivity contribution < 1.29 is 14.3 Å². The van der Waals surface area contributed by atoms with Gasteiger partial charge in [0.2, 0.25) is 5.91 Å². The molecule has 0 bridgehead atoms. The third-order valence-electron chi connectivity index (χ3n) is 2.92. The Morgan fingerprint density at radius 3 is 2.95 bits per heavy atom. The van der Waals surface area contributed by atoms with Crippen molar-refractivity contribution in [3.63, 3.8) is 0 Å². The molecule has 1 unspecified atom stereocenters. The van der Waals surface area contributed by atoms with Crippen LogP contribution in [0.5, 0.6) is 0 Å². The lowest BCUT2D eigenvalue weighted by molar-refractivity contribution is -0.117. The van der Waals surface area contributed by atoms with Crippen molar-refractivity contribution in [1.82, 2.24) is 4.98 Å². The van der Waals surface area contributed by atoms with Gasteiger partial charge < -0.3 is 4.74 Å². The Morgan fingerprint density at radius 2 is 2.42 bits per heavy atom. The molecule has 19 heavy (non-hydrogen) atoms. The molecule has 102 valence electrons. The maximum atomic E-state index is 11.9. The third kappa shape index (κ3) is 2.90. The number of nitrogens with zero attached hydrogens (tertiary/aromatic N) is 2. The second kappa shape index (κ2) is 5.88. The molecule has 0 aliphatic carbocycles. The zero-order valence-electron chi connectivity index (χ0n) is 10.2. The van der Waals surface area contributed by atoms with E-state index in [9.17, 15) is 9.59 Å². The first kappa shape index (κ1) is 14.3. The quantitative estimate of drug-likeness (QED) is 0.621. The Bertz CT molecular complexity index is 524. The van der Waals surface area contributed by atoms with E-state index in [2.05, 4.69) is 25.7 Å². The van der Waals surface area contributed by atoms with Gasteiger partial charge in [0.05, 0.1) is 17.1 Å². The molecule has 1 aliphatic heterocycles. The van der Waals surface area contributed by atoms with Crippen molar-refractivity contribution in [3.05, 3.63) is 22.3 Å². The van der Waals surface area contributed by atoms with Gasteiger partial charge in [-0.2, -0.15) is 0 Å². The fourth-order valence-electron chi connectivity index (χ4n) is 1.95. The molecule has 1 aromatic heterocycles. The Hall–Kier alpha value is -1.14. The molecule has 2 rings (SSSR count). The smallest absolute Gasteiger partial charge is 0.339 e. The number of hydrogen-bond donors (Lipinski definition) is 0. The summed E-state index contributed by atoms with van der Waals surface area (Å²) in [7, 11) is 1.30. The molecule has 0 spiro atoms. The van der Waals surface area contributed by atoms with Gasteiger partial charge in [-0.3, -0.25) is 9.69 Å². The number of anilines is 1. The molecular weight excluding hydrogens is 336 g/mol. The molecule has 0 saturated carbocycles. The summed E-state index contributed by atoms with van der Waals surface area (Å²) in [5.74, 6) is 0.615. The van der Waals surface area contributed by atoms with Crippen LogP contribution in [-0.2, 0) is 9.53 Å². The lowest BCUT2D eigenvalue weighted by Crippen LogP contribution is -2.26. The fourth-order valence-corrected chi connectivity index (χ4v) is 2.72. The highest BCUT2D eigenvalue weighted by atomic mass is 79.9. The molecule has 1 saturated heterocycles.